The molecule has 0 fully saturated rings. The molecular weight excluding hydrogens is 420 g/mol. The van der Waals surface area contributed by atoms with Crippen molar-refractivity contribution in [2.45, 2.75) is 46.0 Å². The van der Waals surface area contributed by atoms with Gasteiger partial charge >= 0.3 is 0 Å². The van der Waals surface area contributed by atoms with E-state index in [0.29, 0.717) is 35.7 Å². The molecule has 0 aliphatic rings. The lowest BCUT2D eigenvalue weighted by molar-refractivity contribution is -0.116. The molecule has 28 heavy (non-hydrogen) atoms. The quantitative estimate of drug-likeness (QED) is 0.439. The molecule has 0 atom stereocenters. The molecule has 0 unspecified atom stereocenters. The third-order valence-corrected chi connectivity index (χ3v) is 4.55. The summed E-state index contributed by atoms with van der Waals surface area (Å²) < 4.78 is 6.49. The number of carbonyl (C=O) groups excluding carboxylic acids is 2. The van der Waals surface area contributed by atoms with E-state index in [9.17, 15) is 9.59 Å². The van der Waals surface area contributed by atoms with E-state index in [1.54, 1.807) is 30.3 Å². The Bertz CT molecular complexity index is 808. The number of hydrogen-bond acceptors (Lipinski definition) is 3. The average molecular weight is 447 g/mol. The molecule has 0 aliphatic heterocycles. The van der Waals surface area contributed by atoms with Crippen LogP contribution in [-0.2, 0) is 4.79 Å². The number of halogens is 1. The number of rotatable bonds is 10. The van der Waals surface area contributed by atoms with E-state index in [1.807, 2.05) is 19.1 Å². The van der Waals surface area contributed by atoms with Gasteiger partial charge in [-0.05, 0) is 49.2 Å². The van der Waals surface area contributed by atoms with Crippen LogP contribution in [0.25, 0.3) is 0 Å². The van der Waals surface area contributed by atoms with Gasteiger partial charge in [0.15, 0.2) is 0 Å². The lowest BCUT2D eigenvalue weighted by atomic mass is 10.1. The fraction of sp³-hybridized carbons (Fsp3) is 0.364. The highest BCUT2D eigenvalue weighted by Crippen LogP contribution is 2.25. The Balaban J connectivity index is 2.06. The maximum atomic E-state index is 12.8. The Morgan fingerprint density at radius 1 is 0.964 bits per heavy atom. The number of ether oxygens (including phenoxy) is 1. The van der Waals surface area contributed by atoms with E-state index in [2.05, 4.69) is 33.5 Å². The van der Waals surface area contributed by atoms with E-state index in [4.69, 9.17) is 4.74 Å². The number of carbonyl (C=O) groups is 2. The molecule has 0 bridgehead atoms. The number of anilines is 2. The predicted molar refractivity (Wildman–Crippen MR) is 117 cm³/mol. The molecule has 6 heteroatoms. The van der Waals surface area contributed by atoms with Crippen molar-refractivity contribution in [3.63, 3.8) is 0 Å². The van der Waals surface area contributed by atoms with Crippen LogP contribution >= 0.6 is 15.9 Å². The highest BCUT2D eigenvalue weighted by Gasteiger charge is 2.14. The second-order valence-corrected chi connectivity index (χ2v) is 7.44. The Hall–Kier alpha value is -2.34. The molecule has 0 spiro atoms. The van der Waals surface area contributed by atoms with Crippen molar-refractivity contribution in [1.29, 1.82) is 0 Å². The molecule has 5 nitrogen and oxygen atoms in total. The van der Waals surface area contributed by atoms with Crippen LogP contribution in [0.4, 0.5) is 11.4 Å². The lowest BCUT2D eigenvalue weighted by Gasteiger charge is -2.13. The Labute approximate surface area is 175 Å². The fourth-order valence-corrected chi connectivity index (χ4v) is 3.01. The molecule has 2 aromatic rings. The number of hydrogen-bond donors (Lipinski definition) is 2. The van der Waals surface area contributed by atoms with Crippen LogP contribution in [0, 0.1) is 0 Å². The van der Waals surface area contributed by atoms with E-state index in [1.165, 1.54) is 0 Å². The van der Waals surface area contributed by atoms with E-state index < -0.39 is 0 Å². The van der Waals surface area contributed by atoms with Gasteiger partial charge < -0.3 is 15.4 Å². The smallest absolute Gasteiger partial charge is 0.259 e. The van der Waals surface area contributed by atoms with Crippen molar-refractivity contribution < 1.29 is 14.3 Å². The predicted octanol–water partition coefficient (Wildman–Crippen LogP) is 6.01. The van der Waals surface area contributed by atoms with Gasteiger partial charge in [0.05, 0.1) is 12.2 Å². The van der Waals surface area contributed by atoms with Gasteiger partial charge in [-0.1, -0.05) is 48.7 Å². The normalized spacial score (nSPS) is 10.4. The molecule has 2 N–H and O–H groups in total. The highest BCUT2D eigenvalue weighted by molar-refractivity contribution is 9.10. The minimum atomic E-state index is -0.265. The monoisotopic (exact) mass is 446 g/mol. The largest absolute Gasteiger partial charge is 0.493 e. The summed E-state index contributed by atoms with van der Waals surface area (Å²) in [5, 5.41) is 5.76. The van der Waals surface area contributed by atoms with Crippen LogP contribution in [0.3, 0.4) is 0 Å². The van der Waals surface area contributed by atoms with Gasteiger partial charge in [-0.15, -0.1) is 0 Å². The maximum absolute atomic E-state index is 12.8. The van der Waals surface area contributed by atoms with Crippen LogP contribution < -0.4 is 15.4 Å². The molecule has 0 radical (unpaired) electrons. The highest BCUT2D eigenvalue weighted by atomic mass is 79.9. The van der Waals surface area contributed by atoms with Crippen molar-refractivity contribution in [2.75, 3.05) is 17.2 Å². The Kier molecular flexibility index (Phi) is 9.01. The summed E-state index contributed by atoms with van der Waals surface area (Å²) in [4.78, 5) is 24.8. The first-order valence-corrected chi connectivity index (χ1v) is 10.5. The van der Waals surface area contributed by atoms with Crippen molar-refractivity contribution in [3.8, 4) is 5.75 Å². The molecule has 2 rings (SSSR count). The number of unbranched alkanes of at least 4 members (excludes halogenated alkanes) is 2. The number of amides is 2. The van der Waals surface area contributed by atoms with Gasteiger partial charge in [0.2, 0.25) is 5.91 Å². The van der Waals surface area contributed by atoms with E-state index >= 15 is 0 Å². The second-order valence-electron chi connectivity index (χ2n) is 6.53. The Morgan fingerprint density at radius 3 is 2.43 bits per heavy atom. The molecule has 0 aliphatic carbocycles. The minimum Gasteiger partial charge on any atom is -0.493 e. The molecule has 0 saturated carbocycles. The van der Waals surface area contributed by atoms with Crippen LogP contribution in [0.5, 0.6) is 5.75 Å². The zero-order chi connectivity index (χ0) is 20.4. The van der Waals surface area contributed by atoms with Gasteiger partial charge in [-0.3, -0.25) is 9.59 Å². The minimum absolute atomic E-state index is 0.0147. The van der Waals surface area contributed by atoms with Crippen LogP contribution in [0.2, 0.25) is 0 Å². The number of nitrogens with one attached hydrogen (secondary N) is 2. The lowest BCUT2D eigenvalue weighted by Crippen LogP contribution is -2.15. The van der Waals surface area contributed by atoms with Gasteiger partial charge in [-0.25, -0.2) is 0 Å². The molecule has 0 saturated heterocycles. The van der Waals surface area contributed by atoms with Gasteiger partial charge in [0.1, 0.15) is 5.75 Å². The van der Waals surface area contributed by atoms with Crippen molar-refractivity contribution in [1.82, 2.24) is 0 Å². The van der Waals surface area contributed by atoms with Crippen molar-refractivity contribution in [3.05, 3.63) is 52.5 Å². The topological polar surface area (TPSA) is 67.4 Å². The summed E-state index contributed by atoms with van der Waals surface area (Å²) in [6, 6.07) is 12.5. The first kappa shape index (κ1) is 22.0. The van der Waals surface area contributed by atoms with Crippen LogP contribution in [0.1, 0.15) is 56.3 Å². The fourth-order valence-electron chi connectivity index (χ4n) is 2.65. The van der Waals surface area contributed by atoms with Gasteiger partial charge in [0, 0.05) is 22.3 Å². The van der Waals surface area contributed by atoms with Crippen molar-refractivity contribution >= 4 is 39.1 Å². The zero-order valence-electron chi connectivity index (χ0n) is 16.4. The summed E-state index contributed by atoms with van der Waals surface area (Å²) in [5.41, 5.74) is 1.73. The second kappa shape index (κ2) is 11.5. The molecular formula is C22H27BrN2O3. The summed E-state index contributed by atoms with van der Waals surface area (Å²) in [6.07, 6.45) is 4.35. The maximum Gasteiger partial charge on any atom is 0.259 e. The molecule has 2 amide bonds. The van der Waals surface area contributed by atoms with E-state index in [-0.39, 0.29) is 11.8 Å². The zero-order valence-corrected chi connectivity index (χ0v) is 18.0. The summed E-state index contributed by atoms with van der Waals surface area (Å²) in [7, 11) is 0. The SMILES string of the molecule is CCCCCC(=O)Nc1cccc(NC(=O)c2cc(Br)ccc2OCCC)c1. The summed E-state index contributed by atoms with van der Waals surface area (Å²) in [5.74, 6) is 0.265. The van der Waals surface area contributed by atoms with Crippen molar-refractivity contribution in [2.24, 2.45) is 0 Å². The van der Waals surface area contributed by atoms with Crippen LogP contribution in [0.15, 0.2) is 46.9 Å². The molecule has 150 valence electrons. The summed E-state index contributed by atoms with van der Waals surface area (Å²) in [6.45, 7) is 4.66. The van der Waals surface area contributed by atoms with Crippen LogP contribution in [-0.4, -0.2) is 18.4 Å². The molecule has 2 aromatic carbocycles. The standard InChI is InChI=1S/C22H27BrN2O3/c1-3-5-6-10-21(26)24-17-8-7-9-18(15-17)25-22(27)19-14-16(23)11-12-20(19)28-13-4-2/h7-9,11-12,14-15H,3-6,10,13H2,1-2H3,(H,24,26)(H,25,27). The van der Waals surface area contributed by atoms with Gasteiger partial charge in [-0.2, -0.15) is 0 Å². The third-order valence-electron chi connectivity index (χ3n) is 4.06. The number of benzene rings is 2. The first-order valence-electron chi connectivity index (χ1n) is 9.67. The first-order chi connectivity index (χ1) is 13.5. The summed E-state index contributed by atoms with van der Waals surface area (Å²) >= 11 is 3.40. The molecule has 0 heterocycles. The molecule has 0 aromatic heterocycles. The Morgan fingerprint density at radius 2 is 1.71 bits per heavy atom. The average Bonchev–Trinajstić information content (AvgIpc) is 2.67. The van der Waals surface area contributed by atoms with Gasteiger partial charge in [0.25, 0.3) is 5.91 Å². The third kappa shape index (κ3) is 7.00. The van der Waals surface area contributed by atoms with E-state index in [0.717, 1.165) is 30.2 Å².